The smallest absolute Gasteiger partial charge is 0.130 e. The van der Waals surface area contributed by atoms with Crippen molar-refractivity contribution in [2.45, 2.75) is 38.1 Å². The van der Waals surface area contributed by atoms with E-state index in [4.69, 9.17) is 5.73 Å². The molecule has 3 atom stereocenters. The highest BCUT2D eigenvalue weighted by Crippen LogP contribution is 2.34. The standard InChI is InChI=1S/C14H21FN2S/c1-9(16)14-12(15)5-4-6-13(14)17-7-8-18-11(3)10(17)2/h4-6,9-11H,7-8,16H2,1-3H3. The first-order chi connectivity index (χ1) is 8.52. The van der Waals surface area contributed by atoms with Gasteiger partial charge in [0.1, 0.15) is 5.82 Å². The van der Waals surface area contributed by atoms with Crippen LogP contribution in [0.4, 0.5) is 10.1 Å². The molecular formula is C14H21FN2S. The van der Waals surface area contributed by atoms with Crippen molar-refractivity contribution in [2.75, 3.05) is 17.2 Å². The average Bonchev–Trinajstić information content (AvgIpc) is 2.32. The Morgan fingerprint density at radius 3 is 2.83 bits per heavy atom. The lowest BCUT2D eigenvalue weighted by Gasteiger charge is -2.40. The summed E-state index contributed by atoms with van der Waals surface area (Å²) in [5, 5.41) is 0.558. The van der Waals surface area contributed by atoms with E-state index in [1.165, 1.54) is 6.07 Å². The van der Waals surface area contributed by atoms with E-state index >= 15 is 0 Å². The van der Waals surface area contributed by atoms with E-state index in [9.17, 15) is 4.39 Å². The zero-order valence-electron chi connectivity index (χ0n) is 11.2. The fraction of sp³-hybridized carbons (Fsp3) is 0.571. The molecular weight excluding hydrogens is 247 g/mol. The third-order valence-corrected chi connectivity index (χ3v) is 5.02. The van der Waals surface area contributed by atoms with Crippen LogP contribution in [0, 0.1) is 5.82 Å². The van der Waals surface area contributed by atoms with E-state index in [1.807, 2.05) is 24.8 Å². The Morgan fingerprint density at radius 2 is 2.17 bits per heavy atom. The first-order valence-electron chi connectivity index (χ1n) is 6.44. The van der Waals surface area contributed by atoms with Crippen LogP contribution in [0.5, 0.6) is 0 Å². The van der Waals surface area contributed by atoms with Crippen molar-refractivity contribution >= 4 is 17.4 Å². The van der Waals surface area contributed by atoms with Crippen LogP contribution < -0.4 is 10.6 Å². The number of nitrogens with two attached hydrogens (primary N) is 1. The first kappa shape index (κ1) is 13.7. The van der Waals surface area contributed by atoms with Gasteiger partial charge in [0, 0.05) is 40.9 Å². The molecule has 100 valence electrons. The Bertz CT molecular complexity index is 422. The second-order valence-corrected chi connectivity index (χ2v) is 6.46. The number of hydrogen-bond acceptors (Lipinski definition) is 3. The van der Waals surface area contributed by atoms with Gasteiger partial charge in [-0.05, 0) is 26.0 Å². The summed E-state index contributed by atoms with van der Waals surface area (Å²) in [5.41, 5.74) is 7.53. The van der Waals surface area contributed by atoms with Gasteiger partial charge in [-0.2, -0.15) is 11.8 Å². The highest BCUT2D eigenvalue weighted by atomic mass is 32.2. The molecule has 2 nitrogen and oxygen atoms in total. The monoisotopic (exact) mass is 268 g/mol. The number of rotatable bonds is 2. The second kappa shape index (κ2) is 5.49. The number of anilines is 1. The minimum Gasteiger partial charge on any atom is -0.367 e. The van der Waals surface area contributed by atoms with Crippen molar-refractivity contribution in [1.29, 1.82) is 0 Å². The van der Waals surface area contributed by atoms with Gasteiger partial charge in [0.15, 0.2) is 0 Å². The minimum absolute atomic E-state index is 0.194. The number of hydrogen-bond donors (Lipinski definition) is 1. The molecule has 18 heavy (non-hydrogen) atoms. The molecule has 1 fully saturated rings. The Labute approximate surface area is 113 Å². The molecule has 2 N–H and O–H groups in total. The van der Waals surface area contributed by atoms with E-state index in [-0.39, 0.29) is 11.9 Å². The van der Waals surface area contributed by atoms with Crippen molar-refractivity contribution in [3.05, 3.63) is 29.6 Å². The van der Waals surface area contributed by atoms with Crippen LogP contribution in [-0.2, 0) is 0 Å². The molecule has 0 bridgehead atoms. The molecule has 1 heterocycles. The average molecular weight is 268 g/mol. The molecule has 1 saturated heterocycles. The van der Waals surface area contributed by atoms with Crippen molar-refractivity contribution in [2.24, 2.45) is 5.73 Å². The molecule has 0 saturated carbocycles. The summed E-state index contributed by atoms with van der Waals surface area (Å²) in [6.45, 7) is 7.23. The van der Waals surface area contributed by atoms with Crippen molar-refractivity contribution in [3.63, 3.8) is 0 Å². The Balaban J connectivity index is 2.41. The summed E-state index contributed by atoms with van der Waals surface area (Å²) in [7, 11) is 0. The lowest BCUT2D eigenvalue weighted by Crippen LogP contribution is -2.45. The van der Waals surface area contributed by atoms with E-state index in [0.29, 0.717) is 16.9 Å². The molecule has 4 heteroatoms. The van der Waals surface area contributed by atoms with Crippen LogP contribution >= 0.6 is 11.8 Å². The minimum atomic E-state index is -0.279. The van der Waals surface area contributed by atoms with E-state index in [2.05, 4.69) is 18.7 Å². The van der Waals surface area contributed by atoms with Gasteiger partial charge in [0.05, 0.1) is 0 Å². The zero-order valence-corrected chi connectivity index (χ0v) is 12.0. The van der Waals surface area contributed by atoms with Gasteiger partial charge in [0.2, 0.25) is 0 Å². The topological polar surface area (TPSA) is 29.3 Å². The summed E-state index contributed by atoms with van der Waals surface area (Å²) >= 11 is 1.98. The van der Waals surface area contributed by atoms with Crippen molar-refractivity contribution in [1.82, 2.24) is 0 Å². The maximum absolute atomic E-state index is 14.0. The fourth-order valence-corrected chi connectivity index (χ4v) is 3.60. The fourth-order valence-electron chi connectivity index (χ4n) is 2.50. The first-order valence-corrected chi connectivity index (χ1v) is 7.49. The molecule has 3 unspecified atom stereocenters. The molecule has 1 aliphatic rings. The Morgan fingerprint density at radius 1 is 1.44 bits per heavy atom. The summed E-state index contributed by atoms with van der Waals surface area (Å²) in [6, 6.07) is 5.38. The van der Waals surface area contributed by atoms with Gasteiger partial charge in [-0.3, -0.25) is 0 Å². The largest absolute Gasteiger partial charge is 0.367 e. The molecule has 0 aromatic heterocycles. The number of halogens is 1. The normalized spacial score (nSPS) is 26.2. The lowest BCUT2D eigenvalue weighted by atomic mass is 10.0. The van der Waals surface area contributed by atoms with Crippen LogP contribution in [0.15, 0.2) is 18.2 Å². The van der Waals surface area contributed by atoms with E-state index < -0.39 is 0 Å². The third-order valence-electron chi connectivity index (χ3n) is 3.68. The molecule has 1 aromatic carbocycles. The third kappa shape index (κ3) is 2.50. The quantitative estimate of drug-likeness (QED) is 0.893. The van der Waals surface area contributed by atoms with Gasteiger partial charge in [-0.25, -0.2) is 4.39 Å². The lowest BCUT2D eigenvalue weighted by molar-refractivity contribution is 0.579. The van der Waals surface area contributed by atoms with Gasteiger partial charge in [-0.15, -0.1) is 0 Å². The predicted octanol–water partition coefficient (Wildman–Crippen LogP) is 3.18. The van der Waals surface area contributed by atoms with Crippen LogP contribution in [0.3, 0.4) is 0 Å². The van der Waals surface area contributed by atoms with Crippen LogP contribution in [0.2, 0.25) is 0 Å². The maximum Gasteiger partial charge on any atom is 0.130 e. The van der Waals surface area contributed by atoms with Crippen molar-refractivity contribution < 1.29 is 4.39 Å². The van der Waals surface area contributed by atoms with Gasteiger partial charge >= 0.3 is 0 Å². The molecule has 2 rings (SSSR count). The summed E-state index contributed by atoms with van der Waals surface area (Å²) < 4.78 is 14.0. The second-order valence-electron chi connectivity index (χ2n) is 4.97. The molecule has 1 aromatic rings. The van der Waals surface area contributed by atoms with E-state index in [0.717, 1.165) is 18.0 Å². The zero-order chi connectivity index (χ0) is 13.3. The molecule has 0 amide bonds. The van der Waals surface area contributed by atoms with Gasteiger partial charge in [-0.1, -0.05) is 13.0 Å². The summed E-state index contributed by atoms with van der Waals surface area (Å²) in [6.07, 6.45) is 0. The van der Waals surface area contributed by atoms with Crippen molar-refractivity contribution in [3.8, 4) is 0 Å². The SMILES string of the molecule is CC(N)c1c(F)cccc1N1CCSC(C)C1C. The number of nitrogens with zero attached hydrogens (tertiary/aromatic N) is 1. The van der Waals surface area contributed by atoms with Crippen LogP contribution in [-0.4, -0.2) is 23.6 Å². The molecule has 0 aliphatic carbocycles. The van der Waals surface area contributed by atoms with Gasteiger partial charge in [0.25, 0.3) is 0 Å². The Kier molecular flexibility index (Phi) is 4.17. The number of thioether (sulfide) groups is 1. The predicted molar refractivity (Wildman–Crippen MR) is 77.7 cm³/mol. The summed E-state index contributed by atoms with van der Waals surface area (Å²) in [4.78, 5) is 2.29. The maximum atomic E-state index is 14.0. The highest BCUT2D eigenvalue weighted by Gasteiger charge is 2.28. The summed E-state index contributed by atoms with van der Waals surface area (Å²) in [5.74, 6) is 0.890. The molecule has 0 radical (unpaired) electrons. The number of benzene rings is 1. The Hall–Kier alpha value is -0.740. The van der Waals surface area contributed by atoms with Crippen LogP contribution in [0.25, 0.3) is 0 Å². The van der Waals surface area contributed by atoms with Gasteiger partial charge < -0.3 is 10.6 Å². The van der Waals surface area contributed by atoms with Crippen LogP contribution in [0.1, 0.15) is 32.4 Å². The molecule has 0 spiro atoms. The highest BCUT2D eigenvalue weighted by molar-refractivity contribution is 8.00. The van der Waals surface area contributed by atoms with E-state index in [1.54, 1.807) is 6.07 Å². The molecule has 1 aliphatic heterocycles.